The number of fused-ring (bicyclic) bond motifs is 1. The zero-order valence-corrected chi connectivity index (χ0v) is 16.9. The molecule has 2 amide bonds. The molecule has 27 heavy (non-hydrogen) atoms. The van der Waals surface area contributed by atoms with Gasteiger partial charge in [0, 0.05) is 17.8 Å². The maximum absolute atomic E-state index is 13.0. The number of hydrogen-bond acceptors (Lipinski definition) is 3. The van der Waals surface area contributed by atoms with Crippen molar-refractivity contribution in [1.29, 1.82) is 0 Å². The summed E-state index contributed by atoms with van der Waals surface area (Å²) in [6.45, 7) is 4.78. The van der Waals surface area contributed by atoms with Crippen LogP contribution in [-0.4, -0.2) is 34.8 Å². The molecule has 1 aliphatic rings. The standard InChI is InChI=1S/C22H26N2O2S/c1-15(2)16-8-10-18(11-9-16)23-21(25)20(12-13-27-3)24-14-17-6-4-5-7-19(17)22(24)26/h4-11,15,20H,12-14H2,1-3H3,(H,23,25)/t20-/m0/s1. The maximum Gasteiger partial charge on any atom is 0.255 e. The maximum atomic E-state index is 13.0. The molecule has 1 heterocycles. The molecule has 2 aromatic carbocycles. The molecule has 4 nitrogen and oxygen atoms in total. The lowest BCUT2D eigenvalue weighted by Crippen LogP contribution is -2.44. The highest BCUT2D eigenvalue weighted by molar-refractivity contribution is 7.98. The Morgan fingerprint density at radius 1 is 1.15 bits per heavy atom. The first-order valence-corrected chi connectivity index (χ1v) is 10.7. The van der Waals surface area contributed by atoms with Crippen molar-refractivity contribution < 1.29 is 9.59 Å². The molecule has 0 fully saturated rings. The molecular formula is C22H26N2O2S. The van der Waals surface area contributed by atoms with Gasteiger partial charge >= 0.3 is 0 Å². The lowest BCUT2D eigenvalue weighted by molar-refractivity contribution is -0.120. The lowest BCUT2D eigenvalue weighted by atomic mass is 10.0. The highest BCUT2D eigenvalue weighted by Gasteiger charge is 2.35. The highest BCUT2D eigenvalue weighted by atomic mass is 32.2. The van der Waals surface area contributed by atoms with Crippen LogP contribution in [0.5, 0.6) is 0 Å². The summed E-state index contributed by atoms with van der Waals surface area (Å²) in [6.07, 6.45) is 2.65. The van der Waals surface area contributed by atoms with Crippen molar-refractivity contribution in [3.63, 3.8) is 0 Å². The third-order valence-corrected chi connectivity index (χ3v) is 5.61. The van der Waals surface area contributed by atoms with Crippen LogP contribution >= 0.6 is 11.8 Å². The number of hydrogen-bond donors (Lipinski definition) is 1. The molecule has 5 heteroatoms. The average Bonchev–Trinajstić information content (AvgIpc) is 2.99. The second-order valence-electron chi connectivity index (χ2n) is 7.15. The Morgan fingerprint density at radius 3 is 2.48 bits per heavy atom. The minimum atomic E-state index is -0.470. The van der Waals surface area contributed by atoms with E-state index in [1.807, 2.05) is 54.8 Å². The number of carbonyl (C=O) groups is 2. The van der Waals surface area contributed by atoms with Gasteiger partial charge in [-0.05, 0) is 53.7 Å². The second kappa shape index (κ2) is 8.61. The molecule has 3 rings (SSSR count). The summed E-state index contributed by atoms with van der Waals surface area (Å²) in [5.74, 6) is 1.10. The predicted octanol–water partition coefficient (Wildman–Crippen LogP) is 4.53. The first-order chi connectivity index (χ1) is 13.0. The fourth-order valence-corrected chi connectivity index (χ4v) is 3.82. The molecule has 0 spiro atoms. The molecule has 0 saturated carbocycles. The number of benzene rings is 2. The van der Waals surface area contributed by atoms with Crippen molar-refractivity contribution in [3.05, 3.63) is 65.2 Å². The number of nitrogens with one attached hydrogen (secondary N) is 1. The van der Waals surface area contributed by atoms with Crippen LogP contribution in [0.2, 0.25) is 0 Å². The summed E-state index contributed by atoms with van der Waals surface area (Å²) in [6, 6.07) is 15.1. The van der Waals surface area contributed by atoms with Crippen LogP contribution in [0.4, 0.5) is 5.69 Å². The number of nitrogens with zero attached hydrogens (tertiary/aromatic N) is 1. The van der Waals surface area contributed by atoms with Gasteiger partial charge in [-0.25, -0.2) is 0 Å². The largest absolute Gasteiger partial charge is 0.324 e. The Morgan fingerprint density at radius 2 is 1.85 bits per heavy atom. The molecule has 0 saturated heterocycles. The van der Waals surface area contributed by atoms with Gasteiger partial charge in [0.1, 0.15) is 6.04 Å². The van der Waals surface area contributed by atoms with Crippen molar-refractivity contribution in [1.82, 2.24) is 4.90 Å². The van der Waals surface area contributed by atoms with Crippen LogP contribution in [0.1, 0.15) is 47.7 Å². The SMILES string of the molecule is CSCC[C@@H](C(=O)Nc1ccc(C(C)C)cc1)N1Cc2ccccc2C1=O. The quantitative estimate of drug-likeness (QED) is 0.766. The molecule has 2 aromatic rings. The lowest BCUT2D eigenvalue weighted by Gasteiger charge is -2.27. The number of rotatable bonds is 7. The number of anilines is 1. The molecule has 1 N–H and O–H groups in total. The van der Waals surface area contributed by atoms with Crippen LogP contribution in [0.15, 0.2) is 48.5 Å². The van der Waals surface area contributed by atoms with Gasteiger partial charge in [0.15, 0.2) is 0 Å². The van der Waals surface area contributed by atoms with E-state index in [1.165, 1.54) is 5.56 Å². The third-order valence-electron chi connectivity index (χ3n) is 4.97. The van der Waals surface area contributed by atoms with Crippen molar-refractivity contribution in [2.45, 2.75) is 38.8 Å². The predicted molar refractivity (Wildman–Crippen MR) is 112 cm³/mol. The topological polar surface area (TPSA) is 49.4 Å². The second-order valence-corrected chi connectivity index (χ2v) is 8.14. The van der Waals surface area contributed by atoms with E-state index < -0.39 is 6.04 Å². The number of carbonyl (C=O) groups excluding carboxylic acids is 2. The van der Waals surface area contributed by atoms with E-state index in [9.17, 15) is 9.59 Å². The Balaban J connectivity index is 1.76. The Bertz CT molecular complexity index is 817. The molecule has 1 atom stereocenters. The highest BCUT2D eigenvalue weighted by Crippen LogP contribution is 2.27. The van der Waals surface area contributed by atoms with Gasteiger partial charge in [0.05, 0.1) is 0 Å². The summed E-state index contributed by atoms with van der Waals surface area (Å²) in [7, 11) is 0. The van der Waals surface area contributed by atoms with E-state index in [2.05, 4.69) is 19.2 Å². The van der Waals surface area contributed by atoms with Crippen LogP contribution in [0.25, 0.3) is 0 Å². The van der Waals surface area contributed by atoms with Crippen LogP contribution in [-0.2, 0) is 11.3 Å². The third kappa shape index (κ3) is 4.35. The monoisotopic (exact) mass is 382 g/mol. The molecule has 1 aliphatic heterocycles. The first-order valence-electron chi connectivity index (χ1n) is 9.30. The molecular weight excluding hydrogens is 356 g/mol. The summed E-state index contributed by atoms with van der Waals surface area (Å²) in [5.41, 5.74) is 3.70. The minimum Gasteiger partial charge on any atom is -0.324 e. The smallest absolute Gasteiger partial charge is 0.255 e. The molecule has 0 radical (unpaired) electrons. The summed E-state index contributed by atoms with van der Waals surface area (Å²) in [5, 5.41) is 3.00. The minimum absolute atomic E-state index is 0.0537. The van der Waals surface area contributed by atoms with Gasteiger partial charge in [0.25, 0.3) is 5.91 Å². The first kappa shape index (κ1) is 19.5. The van der Waals surface area contributed by atoms with Gasteiger partial charge in [-0.1, -0.05) is 44.2 Å². The Kier molecular flexibility index (Phi) is 6.22. The zero-order chi connectivity index (χ0) is 19.4. The van der Waals surface area contributed by atoms with Gasteiger partial charge < -0.3 is 10.2 Å². The average molecular weight is 383 g/mol. The fraction of sp³-hybridized carbons (Fsp3) is 0.364. The number of amides is 2. The van der Waals surface area contributed by atoms with Crippen LogP contribution in [0, 0.1) is 0 Å². The molecule has 0 aliphatic carbocycles. The molecule has 0 aromatic heterocycles. The van der Waals surface area contributed by atoms with E-state index in [1.54, 1.807) is 16.7 Å². The van der Waals surface area contributed by atoms with Gasteiger partial charge in [-0.3, -0.25) is 9.59 Å². The van der Waals surface area contributed by atoms with Gasteiger partial charge in [-0.15, -0.1) is 0 Å². The molecule has 142 valence electrons. The normalized spacial score (nSPS) is 14.4. The van der Waals surface area contributed by atoms with E-state index in [4.69, 9.17) is 0 Å². The van der Waals surface area contributed by atoms with E-state index in [0.29, 0.717) is 24.4 Å². The van der Waals surface area contributed by atoms with E-state index >= 15 is 0 Å². The summed E-state index contributed by atoms with van der Waals surface area (Å²) >= 11 is 1.68. The van der Waals surface area contributed by atoms with E-state index in [-0.39, 0.29) is 11.8 Å². The van der Waals surface area contributed by atoms with Crippen LogP contribution < -0.4 is 5.32 Å². The van der Waals surface area contributed by atoms with Crippen LogP contribution in [0.3, 0.4) is 0 Å². The van der Waals surface area contributed by atoms with Crippen molar-refractivity contribution in [3.8, 4) is 0 Å². The zero-order valence-electron chi connectivity index (χ0n) is 16.1. The number of thioether (sulfide) groups is 1. The molecule has 0 bridgehead atoms. The summed E-state index contributed by atoms with van der Waals surface area (Å²) in [4.78, 5) is 27.5. The summed E-state index contributed by atoms with van der Waals surface area (Å²) < 4.78 is 0. The van der Waals surface area contributed by atoms with Crippen molar-refractivity contribution in [2.24, 2.45) is 0 Å². The molecule has 0 unspecified atom stereocenters. The fourth-order valence-electron chi connectivity index (χ4n) is 3.36. The van der Waals surface area contributed by atoms with E-state index in [0.717, 1.165) is 17.0 Å². The van der Waals surface area contributed by atoms with Crippen molar-refractivity contribution >= 4 is 29.3 Å². The Hall–Kier alpha value is -2.27. The van der Waals surface area contributed by atoms with Crippen molar-refractivity contribution in [2.75, 3.05) is 17.3 Å². The Labute approximate surface area is 165 Å². The van der Waals surface area contributed by atoms with Gasteiger partial charge in [0.2, 0.25) is 5.91 Å². The van der Waals surface area contributed by atoms with Gasteiger partial charge in [-0.2, -0.15) is 11.8 Å².